The first-order valence-electron chi connectivity index (χ1n) is 6.22. The van der Waals surface area contributed by atoms with Gasteiger partial charge in [0.2, 0.25) is 0 Å². The fourth-order valence-electron chi connectivity index (χ4n) is 2.13. The second-order valence-electron chi connectivity index (χ2n) is 4.67. The summed E-state index contributed by atoms with van der Waals surface area (Å²) < 4.78 is 7.00. The van der Waals surface area contributed by atoms with Gasteiger partial charge in [-0.25, -0.2) is 4.98 Å². The van der Waals surface area contributed by atoms with Crippen LogP contribution in [0.1, 0.15) is 22.0 Å². The van der Waals surface area contributed by atoms with E-state index < -0.39 is 0 Å². The third-order valence-electron chi connectivity index (χ3n) is 3.08. The summed E-state index contributed by atoms with van der Waals surface area (Å²) >= 11 is 0. The zero-order valence-corrected chi connectivity index (χ0v) is 11.5. The first kappa shape index (κ1) is 12.4. The monoisotopic (exact) mass is 270 g/mol. The van der Waals surface area contributed by atoms with E-state index in [4.69, 9.17) is 4.42 Å². The Bertz CT molecular complexity index is 801. The van der Waals surface area contributed by atoms with Crippen LogP contribution in [0.5, 0.6) is 0 Å². The zero-order valence-electron chi connectivity index (χ0n) is 11.5. The summed E-state index contributed by atoms with van der Waals surface area (Å²) in [7, 11) is 1.84. The van der Waals surface area contributed by atoms with E-state index >= 15 is 0 Å². The molecule has 0 radical (unpaired) electrons. The number of nitrogens with zero attached hydrogens (tertiary/aromatic N) is 3. The minimum atomic E-state index is -0.291. The Morgan fingerprint density at radius 3 is 2.85 bits per heavy atom. The Balaban J connectivity index is 1.91. The van der Waals surface area contributed by atoms with Gasteiger partial charge in [-0.2, -0.15) is 5.10 Å². The lowest BCUT2D eigenvalue weighted by molar-refractivity contribution is 0.0995. The largest absolute Gasteiger partial charge is 0.456 e. The van der Waals surface area contributed by atoms with Crippen molar-refractivity contribution in [3.8, 4) is 0 Å². The molecule has 3 aromatic heterocycles. The van der Waals surface area contributed by atoms with Crippen LogP contribution in [-0.2, 0) is 7.05 Å². The average molecular weight is 270 g/mol. The predicted octanol–water partition coefficient (Wildman–Crippen LogP) is 2.43. The molecule has 0 unspecified atom stereocenters. The molecule has 20 heavy (non-hydrogen) atoms. The fourth-order valence-corrected chi connectivity index (χ4v) is 2.13. The molecule has 0 saturated carbocycles. The first-order valence-corrected chi connectivity index (χ1v) is 6.22. The van der Waals surface area contributed by atoms with Crippen molar-refractivity contribution in [3.05, 3.63) is 41.6 Å². The van der Waals surface area contributed by atoms with Crippen LogP contribution >= 0.6 is 0 Å². The van der Waals surface area contributed by atoms with Crippen LogP contribution in [0.3, 0.4) is 0 Å². The standard InChI is InChI=1S/C14H14N4O2/c1-8-4-5-12(20-8)14(19)16-10-6-11-9(2)17-18(3)13(11)15-7-10/h4-7H,1-3H3,(H,16,19). The molecule has 0 aliphatic heterocycles. The maximum Gasteiger partial charge on any atom is 0.291 e. The number of hydrogen-bond donors (Lipinski definition) is 1. The van der Waals surface area contributed by atoms with Crippen molar-refractivity contribution in [3.63, 3.8) is 0 Å². The van der Waals surface area contributed by atoms with Crippen LogP contribution in [0.25, 0.3) is 11.0 Å². The van der Waals surface area contributed by atoms with Crippen molar-refractivity contribution in [1.29, 1.82) is 0 Å². The number of aryl methyl sites for hydroxylation is 3. The highest BCUT2D eigenvalue weighted by molar-refractivity contribution is 6.03. The van der Waals surface area contributed by atoms with Gasteiger partial charge in [0.05, 0.1) is 17.6 Å². The van der Waals surface area contributed by atoms with Gasteiger partial charge in [0, 0.05) is 12.4 Å². The number of hydrogen-bond acceptors (Lipinski definition) is 4. The highest BCUT2D eigenvalue weighted by Crippen LogP contribution is 2.20. The lowest BCUT2D eigenvalue weighted by Crippen LogP contribution is -2.11. The van der Waals surface area contributed by atoms with Crippen LogP contribution in [-0.4, -0.2) is 20.7 Å². The predicted molar refractivity (Wildman–Crippen MR) is 74.6 cm³/mol. The first-order chi connectivity index (χ1) is 9.54. The van der Waals surface area contributed by atoms with E-state index in [1.807, 2.05) is 20.0 Å². The van der Waals surface area contributed by atoms with E-state index in [1.54, 1.807) is 29.9 Å². The number of furan rings is 1. The summed E-state index contributed by atoms with van der Waals surface area (Å²) in [4.78, 5) is 16.3. The Kier molecular flexibility index (Phi) is 2.78. The van der Waals surface area contributed by atoms with E-state index in [0.717, 1.165) is 16.7 Å². The van der Waals surface area contributed by atoms with Gasteiger partial charge in [0.1, 0.15) is 5.76 Å². The van der Waals surface area contributed by atoms with E-state index in [0.29, 0.717) is 11.4 Å². The number of fused-ring (bicyclic) bond motifs is 1. The quantitative estimate of drug-likeness (QED) is 0.776. The van der Waals surface area contributed by atoms with Crippen molar-refractivity contribution in [2.75, 3.05) is 5.32 Å². The lowest BCUT2D eigenvalue weighted by Gasteiger charge is -2.03. The number of aromatic nitrogens is 3. The molecule has 102 valence electrons. The maximum absolute atomic E-state index is 12.0. The molecule has 1 amide bonds. The molecular formula is C14H14N4O2. The van der Waals surface area contributed by atoms with Crippen LogP contribution in [0.2, 0.25) is 0 Å². The second-order valence-corrected chi connectivity index (χ2v) is 4.67. The van der Waals surface area contributed by atoms with Crippen LogP contribution in [0.15, 0.2) is 28.8 Å². The molecule has 0 aromatic carbocycles. The Morgan fingerprint density at radius 1 is 1.35 bits per heavy atom. The normalized spacial score (nSPS) is 10.9. The molecule has 3 aromatic rings. The zero-order chi connectivity index (χ0) is 14.3. The van der Waals surface area contributed by atoms with Crippen LogP contribution in [0, 0.1) is 13.8 Å². The molecule has 6 heteroatoms. The van der Waals surface area contributed by atoms with Gasteiger partial charge in [-0.1, -0.05) is 0 Å². The Labute approximate surface area is 115 Å². The number of nitrogens with one attached hydrogen (secondary N) is 1. The van der Waals surface area contributed by atoms with Crippen molar-refractivity contribution in [2.24, 2.45) is 7.05 Å². The molecule has 6 nitrogen and oxygen atoms in total. The van der Waals surface area contributed by atoms with E-state index in [9.17, 15) is 4.79 Å². The van der Waals surface area contributed by atoms with Crippen molar-refractivity contribution < 1.29 is 9.21 Å². The van der Waals surface area contributed by atoms with Gasteiger partial charge in [0.25, 0.3) is 5.91 Å². The summed E-state index contributed by atoms with van der Waals surface area (Å²) in [6.45, 7) is 3.70. The molecule has 0 bridgehead atoms. The lowest BCUT2D eigenvalue weighted by atomic mass is 10.2. The molecule has 0 saturated heterocycles. The van der Waals surface area contributed by atoms with Gasteiger partial charge < -0.3 is 9.73 Å². The number of anilines is 1. The smallest absolute Gasteiger partial charge is 0.291 e. The molecule has 0 fully saturated rings. The molecule has 0 spiro atoms. The molecule has 3 rings (SSSR count). The average Bonchev–Trinajstić information content (AvgIpc) is 2.95. The summed E-state index contributed by atoms with van der Waals surface area (Å²) in [6, 6.07) is 5.26. The summed E-state index contributed by atoms with van der Waals surface area (Å²) in [5, 5.41) is 7.98. The van der Waals surface area contributed by atoms with E-state index in [-0.39, 0.29) is 11.7 Å². The van der Waals surface area contributed by atoms with Crippen molar-refractivity contribution >= 4 is 22.6 Å². The van der Waals surface area contributed by atoms with Gasteiger partial charge in [-0.15, -0.1) is 0 Å². The van der Waals surface area contributed by atoms with Gasteiger partial charge >= 0.3 is 0 Å². The minimum Gasteiger partial charge on any atom is -0.456 e. The minimum absolute atomic E-state index is 0.283. The summed E-state index contributed by atoms with van der Waals surface area (Å²) in [5.74, 6) is 0.693. The molecular weight excluding hydrogens is 256 g/mol. The topological polar surface area (TPSA) is 73.0 Å². The number of amides is 1. The maximum atomic E-state index is 12.0. The SMILES string of the molecule is Cc1ccc(C(=O)Nc2cnc3c(c2)c(C)nn3C)o1. The van der Waals surface area contributed by atoms with E-state index in [1.165, 1.54) is 0 Å². The molecule has 0 atom stereocenters. The second kappa shape index (κ2) is 4.48. The van der Waals surface area contributed by atoms with Crippen molar-refractivity contribution in [1.82, 2.24) is 14.8 Å². The number of carbonyl (C=O) groups is 1. The van der Waals surface area contributed by atoms with Crippen molar-refractivity contribution in [2.45, 2.75) is 13.8 Å². The Morgan fingerprint density at radius 2 is 2.15 bits per heavy atom. The third-order valence-corrected chi connectivity index (χ3v) is 3.08. The summed E-state index contributed by atoms with van der Waals surface area (Å²) in [6.07, 6.45) is 1.61. The Hall–Kier alpha value is -2.63. The highest BCUT2D eigenvalue weighted by atomic mass is 16.3. The molecule has 3 heterocycles. The fraction of sp³-hybridized carbons (Fsp3) is 0.214. The molecule has 0 aliphatic carbocycles. The number of pyridine rings is 1. The molecule has 1 N–H and O–H groups in total. The van der Waals surface area contributed by atoms with Gasteiger partial charge in [-0.05, 0) is 32.0 Å². The number of carbonyl (C=O) groups excluding carboxylic acids is 1. The summed E-state index contributed by atoms with van der Waals surface area (Å²) in [5.41, 5.74) is 2.28. The van der Waals surface area contributed by atoms with Crippen LogP contribution < -0.4 is 5.32 Å². The van der Waals surface area contributed by atoms with E-state index in [2.05, 4.69) is 15.4 Å². The highest BCUT2D eigenvalue weighted by Gasteiger charge is 2.12. The van der Waals surface area contributed by atoms with Crippen LogP contribution in [0.4, 0.5) is 5.69 Å². The van der Waals surface area contributed by atoms with Gasteiger partial charge in [-0.3, -0.25) is 9.48 Å². The number of rotatable bonds is 2. The van der Waals surface area contributed by atoms with Gasteiger partial charge in [0.15, 0.2) is 11.4 Å². The third kappa shape index (κ3) is 2.05. The molecule has 0 aliphatic rings.